The lowest BCUT2D eigenvalue weighted by molar-refractivity contribution is 0.469. The van der Waals surface area contributed by atoms with Crippen LogP contribution in [0.1, 0.15) is 19.4 Å². The van der Waals surface area contributed by atoms with Gasteiger partial charge in [0.1, 0.15) is 11.5 Å². The average molecular weight is 345 g/mol. The molecular weight excluding hydrogens is 329 g/mol. The van der Waals surface area contributed by atoms with Gasteiger partial charge in [-0.1, -0.05) is 54.7 Å². The van der Waals surface area contributed by atoms with Crippen LogP contribution in [0, 0.1) is 0 Å². The lowest BCUT2D eigenvalue weighted by Gasteiger charge is -2.15. The van der Waals surface area contributed by atoms with Gasteiger partial charge in [0, 0.05) is 29.2 Å². The molecule has 0 unspecified atom stereocenters. The molecule has 0 aliphatic carbocycles. The molecule has 0 amide bonds. The summed E-state index contributed by atoms with van der Waals surface area (Å²) in [5, 5.41) is 4.96. The van der Waals surface area contributed by atoms with Crippen LogP contribution in [0.4, 0.5) is 0 Å². The highest BCUT2D eigenvalue weighted by Gasteiger charge is 2.10. The minimum absolute atomic E-state index is 0.360. The lowest BCUT2D eigenvalue weighted by atomic mass is 10.2. The Hall–Kier alpha value is -0.930. The van der Waals surface area contributed by atoms with E-state index in [1.165, 1.54) is 0 Å². The molecule has 0 saturated carbocycles. The third kappa shape index (κ3) is 4.52. The van der Waals surface area contributed by atoms with Gasteiger partial charge in [-0.05, 0) is 24.3 Å². The van der Waals surface area contributed by atoms with Crippen LogP contribution in [0.25, 0.3) is 0 Å². The van der Waals surface area contributed by atoms with Crippen LogP contribution in [0.3, 0.4) is 0 Å². The fraction of sp³-hybridized carbons (Fsp3) is 0.250. The fourth-order valence-electron chi connectivity index (χ4n) is 1.78. The van der Waals surface area contributed by atoms with Crippen LogP contribution < -0.4 is 10.1 Å². The summed E-state index contributed by atoms with van der Waals surface area (Å²) in [7, 11) is 0. The summed E-state index contributed by atoms with van der Waals surface area (Å²) in [6, 6.07) is 11.1. The first-order chi connectivity index (χ1) is 9.97. The molecule has 0 saturated heterocycles. The largest absolute Gasteiger partial charge is 0.457 e. The van der Waals surface area contributed by atoms with Crippen LogP contribution in [0.15, 0.2) is 36.4 Å². The standard InChI is InChI=1S/C16H16Cl3NO/c1-10(2)20-9-12-13(17)4-3-5-16(12)21-11-6-7-14(18)15(19)8-11/h3-8,10,20H,9H2,1-2H3. The number of halogens is 3. The summed E-state index contributed by atoms with van der Waals surface area (Å²) >= 11 is 18.2. The summed E-state index contributed by atoms with van der Waals surface area (Å²) in [4.78, 5) is 0. The van der Waals surface area contributed by atoms with Crippen molar-refractivity contribution in [1.82, 2.24) is 5.32 Å². The molecule has 2 nitrogen and oxygen atoms in total. The Balaban J connectivity index is 2.26. The smallest absolute Gasteiger partial charge is 0.133 e. The fourth-order valence-corrected chi connectivity index (χ4v) is 2.30. The number of benzene rings is 2. The zero-order chi connectivity index (χ0) is 15.4. The monoisotopic (exact) mass is 343 g/mol. The van der Waals surface area contributed by atoms with Crippen molar-refractivity contribution in [2.45, 2.75) is 26.4 Å². The Morgan fingerprint density at radius 1 is 1.00 bits per heavy atom. The first kappa shape index (κ1) is 16.4. The van der Waals surface area contributed by atoms with Crippen molar-refractivity contribution >= 4 is 34.8 Å². The molecule has 21 heavy (non-hydrogen) atoms. The molecule has 5 heteroatoms. The number of rotatable bonds is 5. The van der Waals surface area contributed by atoms with E-state index < -0.39 is 0 Å². The summed E-state index contributed by atoms with van der Waals surface area (Å²) in [5.41, 5.74) is 0.916. The molecule has 2 aromatic carbocycles. The van der Waals surface area contributed by atoms with E-state index in [-0.39, 0.29) is 0 Å². The molecule has 0 aliphatic rings. The van der Waals surface area contributed by atoms with Crippen molar-refractivity contribution in [3.8, 4) is 11.5 Å². The Morgan fingerprint density at radius 2 is 1.76 bits per heavy atom. The molecular formula is C16H16Cl3NO. The van der Waals surface area contributed by atoms with Gasteiger partial charge < -0.3 is 10.1 Å². The second-order valence-electron chi connectivity index (χ2n) is 4.93. The predicted molar refractivity (Wildman–Crippen MR) is 90.0 cm³/mol. The minimum atomic E-state index is 0.360. The summed E-state index contributed by atoms with van der Waals surface area (Å²) in [6.45, 7) is 4.79. The number of hydrogen-bond acceptors (Lipinski definition) is 2. The minimum Gasteiger partial charge on any atom is -0.457 e. The highest BCUT2D eigenvalue weighted by molar-refractivity contribution is 6.42. The van der Waals surface area contributed by atoms with Crippen LogP contribution in [0.5, 0.6) is 11.5 Å². The second-order valence-corrected chi connectivity index (χ2v) is 6.15. The molecule has 0 aromatic heterocycles. The van der Waals surface area contributed by atoms with Gasteiger partial charge in [0.2, 0.25) is 0 Å². The first-order valence-electron chi connectivity index (χ1n) is 6.61. The molecule has 0 heterocycles. The van der Waals surface area contributed by atoms with Crippen LogP contribution in [0.2, 0.25) is 15.1 Å². The Labute approximate surface area is 140 Å². The molecule has 2 aromatic rings. The zero-order valence-electron chi connectivity index (χ0n) is 11.8. The highest BCUT2D eigenvalue weighted by Crippen LogP contribution is 2.33. The van der Waals surface area contributed by atoms with Gasteiger partial charge in [0.05, 0.1) is 10.0 Å². The normalized spacial score (nSPS) is 11.0. The molecule has 2 rings (SSSR count). The van der Waals surface area contributed by atoms with Crippen molar-refractivity contribution in [3.05, 3.63) is 57.0 Å². The van der Waals surface area contributed by atoms with Gasteiger partial charge in [0.15, 0.2) is 0 Å². The quantitative estimate of drug-likeness (QED) is 0.725. The molecule has 0 spiro atoms. The Kier molecular flexibility index (Phi) is 5.77. The predicted octanol–water partition coefficient (Wildman–Crippen LogP) is 5.94. The van der Waals surface area contributed by atoms with E-state index in [0.717, 1.165) is 5.56 Å². The molecule has 0 radical (unpaired) electrons. The molecule has 0 bridgehead atoms. The molecule has 0 atom stereocenters. The van der Waals surface area contributed by atoms with Crippen LogP contribution in [-0.2, 0) is 6.54 Å². The Bertz CT molecular complexity index is 629. The molecule has 112 valence electrons. The third-order valence-electron chi connectivity index (χ3n) is 2.88. The van der Waals surface area contributed by atoms with E-state index in [9.17, 15) is 0 Å². The van der Waals surface area contributed by atoms with Crippen molar-refractivity contribution < 1.29 is 4.74 Å². The van der Waals surface area contributed by atoms with Gasteiger partial charge in [-0.2, -0.15) is 0 Å². The maximum Gasteiger partial charge on any atom is 0.133 e. The van der Waals surface area contributed by atoms with E-state index in [0.29, 0.717) is 39.2 Å². The Morgan fingerprint density at radius 3 is 2.43 bits per heavy atom. The SMILES string of the molecule is CC(C)NCc1c(Cl)cccc1Oc1ccc(Cl)c(Cl)c1. The van der Waals surface area contributed by atoms with Crippen molar-refractivity contribution in [2.24, 2.45) is 0 Å². The molecule has 0 fully saturated rings. The van der Waals surface area contributed by atoms with Crippen molar-refractivity contribution in [1.29, 1.82) is 0 Å². The molecule has 0 aliphatic heterocycles. The van der Waals surface area contributed by atoms with Crippen molar-refractivity contribution in [3.63, 3.8) is 0 Å². The number of ether oxygens (including phenoxy) is 1. The van der Waals surface area contributed by atoms with Crippen LogP contribution in [-0.4, -0.2) is 6.04 Å². The second kappa shape index (κ2) is 7.37. The van der Waals surface area contributed by atoms with Gasteiger partial charge in [0.25, 0.3) is 0 Å². The van der Waals surface area contributed by atoms with E-state index in [1.54, 1.807) is 18.2 Å². The van der Waals surface area contributed by atoms with Crippen molar-refractivity contribution in [2.75, 3.05) is 0 Å². The lowest BCUT2D eigenvalue weighted by Crippen LogP contribution is -2.22. The summed E-state index contributed by atoms with van der Waals surface area (Å²) in [5.74, 6) is 1.33. The zero-order valence-corrected chi connectivity index (χ0v) is 14.1. The summed E-state index contributed by atoms with van der Waals surface area (Å²) < 4.78 is 5.89. The van der Waals surface area contributed by atoms with Gasteiger partial charge >= 0.3 is 0 Å². The first-order valence-corrected chi connectivity index (χ1v) is 7.74. The highest BCUT2D eigenvalue weighted by atomic mass is 35.5. The van der Waals surface area contributed by atoms with Crippen LogP contribution >= 0.6 is 34.8 Å². The van der Waals surface area contributed by atoms with Gasteiger partial charge in [-0.3, -0.25) is 0 Å². The van der Waals surface area contributed by atoms with Gasteiger partial charge in [-0.25, -0.2) is 0 Å². The third-order valence-corrected chi connectivity index (χ3v) is 3.97. The maximum absolute atomic E-state index is 6.27. The number of nitrogens with one attached hydrogen (secondary N) is 1. The van der Waals surface area contributed by atoms with E-state index >= 15 is 0 Å². The van der Waals surface area contributed by atoms with Gasteiger partial charge in [-0.15, -0.1) is 0 Å². The molecule has 1 N–H and O–H groups in total. The van der Waals surface area contributed by atoms with E-state index in [2.05, 4.69) is 19.2 Å². The topological polar surface area (TPSA) is 21.3 Å². The summed E-state index contributed by atoms with van der Waals surface area (Å²) in [6.07, 6.45) is 0. The van der Waals surface area contributed by atoms with E-state index in [1.807, 2.05) is 18.2 Å². The maximum atomic E-state index is 6.27. The average Bonchev–Trinajstić information content (AvgIpc) is 2.42. The number of hydrogen-bond donors (Lipinski definition) is 1. The van der Waals surface area contributed by atoms with E-state index in [4.69, 9.17) is 39.5 Å².